The maximum atomic E-state index is 12.6. The Bertz CT molecular complexity index is 809. The summed E-state index contributed by atoms with van der Waals surface area (Å²) < 4.78 is 1.59. The number of nitrogen functional groups attached to an aromatic ring is 1. The minimum Gasteiger partial charge on any atom is -0.398 e. The Balaban J connectivity index is 2.07. The zero-order valence-corrected chi connectivity index (χ0v) is 11.7. The number of benzene rings is 1. The summed E-state index contributed by atoms with van der Waals surface area (Å²) in [6.07, 6.45) is 2.34. The molecule has 2 N–H and O–H groups in total. The van der Waals surface area contributed by atoms with E-state index >= 15 is 0 Å². The predicted octanol–water partition coefficient (Wildman–Crippen LogP) is 2.05. The van der Waals surface area contributed by atoms with E-state index in [0.29, 0.717) is 29.1 Å². The summed E-state index contributed by atoms with van der Waals surface area (Å²) in [5, 5.41) is 8.57. The first-order chi connectivity index (χ1) is 10.2. The number of carbonyl (C=O) groups excluding carboxylic acids is 1. The van der Waals surface area contributed by atoms with Crippen LogP contribution in [-0.2, 0) is 6.54 Å². The quantitative estimate of drug-likeness (QED) is 0.739. The summed E-state index contributed by atoms with van der Waals surface area (Å²) >= 11 is 0. The third kappa shape index (κ3) is 2.35. The molecule has 0 bridgehead atoms. The van der Waals surface area contributed by atoms with Crippen molar-refractivity contribution in [3.05, 3.63) is 47.9 Å². The molecule has 6 heteroatoms. The van der Waals surface area contributed by atoms with Crippen molar-refractivity contribution in [3.63, 3.8) is 0 Å². The molecular weight excluding hydrogens is 266 g/mol. The molecule has 0 atom stereocenters. The van der Waals surface area contributed by atoms with E-state index in [4.69, 9.17) is 5.73 Å². The van der Waals surface area contributed by atoms with Gasteiger partial charge < -0.3 is 5.73 Å². The van der Waals surface area contributed by atoms with Crippen molar-refractivity contribution in [2.75, 3.05) is 5.73 Å². The van der Waals surface area contributed by atoms with E-state index in [-0.39, 0.29) is 5.78 Å². The van der Waals surface area contributed by atoms with Crippen LogP contribution in [0.4, 0.5) is 5.69 Å². The molecule has 0 saturated heterocycles. The van der Waals surface area contributed by atoms with E-state index in [9.17, 15) is 4.79 Å². The molecular formula is C15H15N5O. The molecule has 0 aliphatic rings. The van der Waals surface area contributed by atoms with Gasteiger partial charge in [0.1, 0.15) is 11.4 Å². The van der Waals surface area contributed by atoms with Crippen molar-refractivity contribution in [1.82, 2.24) is 20.0 Å². The van der Waals surface area contributed by atoms with Gasteiger partial charge in [-0.3, -0.25) is 4.79 Å². The standard InChI is InChI=1S/C15H15N5O/c1-2-7-20-14(9-17-19-20)15(21)13-8-11(16)10-5-3-4-6-12(10)18-13/h3-6,8-9H,2,7H2,1H3,(H2,16,18). The van der Waals surface area contributed by atoms with E-state index in [0.717, 1.165) is 11.8 Å². The third-order valence-corrected chi connectivity index (χ3v) is 3.27. The number of hydrogen-bond donors (Lipinski definition) is 1. The first-order valence-corrected chi connectivity index (χ1v) is 6.79. The Labute approximate surface area is 121 Å². The van der Waals surface area contributed by atoms with Crippen molar-refractivity contribution in [2.45, 2.75) is 19.9 Å². The lowest BCUT2D eigenvalue weighted by atomic mass is 10.1. The summed E-state index contributed by atoms with van der Waals surface area (Å²) in [5.41, 5.74) is 8.00. The first-order valence-electron chi connectivity index (χ1n) is 6.79. The molecule has 0 aliphatic heterocycles. The van der Waals surface area contributed by atoms with Gasteiger partial charge in [0.15, 0.2) is 0 Å². The van der Waals surface area contributed by atoms with E-state index in [1.165, 1.54) is 6.20 Å². The highest BCUT2D eigenvalue weighted by Crippen LogP contribution is 2.21. The largest absolute Gasteiger partial charge is 0.398 e. The zero-order chi connectivity index (χ0) is 14.8. The number of aromatic nitrogens is 4. The lowest BCUT2D eigenvalue weighted by Gasteiger charge is -2.06. The van der Waals surface area contributed by atoms with Crippen LogP contribution in [0.2, 0.25) is 0 Å². The van der Waals surface area contributed by atoms with E-state index in [1.807, 2.05) is 31.2 Å². The second-order valence-corrected chi connectivity index (χ2v) is 4.79. The Morgan fingerprint density at radius 1 is 1.33 bits per heavy atom. The maximum absolute atomic E-state index is 12.6. The van der Waals surface area contributed by atoms with Gasteiger partial charge in [-0.1, -0.05) is 30.3 Å². The second-order valence-electron chi connectivity index (χ2n) is 4.79. The fraction of sp³-hybridized carbons (Fsp3) is 0.200. The molecule has 3 rings (SSSR count). The van der Waals surface area contributed by atoms with Gasteiger partial charge in [-0.05, 0) is 18.6 Å². The summed E-state index contributed by atoms with van der Waals surface area (Å²) in [5.74, 6) is -0.217. The van der Waals surface area contributed by atoms with Gasteiger partial charge in [0.2, 0.25) is 5.78 Å². The molecule has 0 saturated carbocycles. The number of carbonyl (C=O) groups is 1. The van der Waals surface area contributed by atoms with Gasteiger partial charge in [-0.2, -0.15) is 0 Å². The number of pyridine rings is 1. The molecule has 6 nitrogen and oxygen atoms in total. The molecule has 0 spiro atoms. The van der Waals surface area contributed by atoms with E-state index in [1.54, 1.807) is 10.7 Å². The number of ketones is 1. The molecule has 0 fully saturated rings. The normalized spacial score (nSPS) is 10.9. The second kappa shape index (κ2) is 5.32. The monoisotopic (exact) mass is 281 g/mol. The van der Waals surface area contributed by atoms with Crippen LogP contribution in [0.15, 0.2) is 36.5 Å². The molecule has 3 aromatic rings. The highest BCUT2D eigenvalue weighted by atomic mass is 16.1. The molecule has 2 heterocycles. The molecule has 0 aliphatic carbocycles. The maximum Gasteiger partial charge on any atom is 0.231 e. The minimum absolute atomic E-state index is 0.217. The Kier molecular flexibility index (Phi) is 3.35. The number of para-hydroxylation sites is 1. The number of anilines is 1. The van der Waals surface area contributed by atoms with Crippen LogP contribution in [0.5, 0.6) is 0 Å². The minimum atomic E-state index is -0.217. The topological polar surface area (TPSA) is 86.7 Å². The summed E-state index contributed by atoms with van der Waals surface area (Å²) in [7, 11) is 0. The number of hydrogen-bond acceptors (Lipinski definition) is 5. The van der Waals surface area contributed by atoms with Crippen LogP contribution >= 0.6 is 0 Å². The van der Waals surface area contributed by atoms with Crippen molar-refractivity contribution in [3.8, 4) is 0 Å². The fourth-order valence-corrected chi connectivity index (χ4v) is 2.26. The molecule has 0 unspecified atom stereocenters. The van der Waals surface area contributed by atoms with Crippen LogP contribution < -0.4 is 5.73 Å². The van der Waals surface area contributed by atoms with Crippen molar-refractivity contribution >= 4 is 22.4 Å². The van der Waals surface area contributed by atoms with Crippen LogP contribution in [0.1, 0.15) is 29.5 Å². The first kappa shape index (κ1) is 13.2. The third-order valence-electron chi connectivity index (χ3n) is 3.27. The lowest BCUT2D eigenvalue weighted by Crippen LogP contribution is -2.13. The lowest BCUT2D eigenvalue weighted by molar-refractivity contribution is 0.102. The fourth-order valence-electron chi connectivity index (χ4n) is 2.26. The smallest absolute Gasteiger partial charge is 0.231 e. The number of rotatable bonds is 4. The van der Waals surface area contributed by atoms with Crippen molar-refractivity contribution in [2.24, 2.45) is 0 Å². The van der Waals surface area contributed by atoms with Gasteiger partial charge >= 0.3 is 0 Å². The van der Waals surface area contributed by atoms with Crippen LogP contribution in [0, 0.1) is 0 Å². The zero-order valence-electron chi connectivity index (χ0n) is 11.7. The summed E-state index contributed by atoms with van der Waals surface area (Å²) in [6.45, 7) is 2.66. The Hall–Kier alpha value is -2.76. The van der Waals surface area contributed by atoms with Crippen LogP contribution in [-0.4, -0.2) is 25.8 Å². The molecule has 21 heavy (non-hydrogen) atoms. The van der Waals surface area contributed by atoms with Crippen LogP contribution in [0.3, 0.4) is 0 Å². The average molecular weight is 281 g/mol. The summed E-state index contributed by atoms with van der Waals surface area (Å²) in [6, 6.07) is 9.08. The highest BCUT2D eigenvalue weighted by Gasteiger charge is 2.17. The Morgan fingerprint density at radius 2 is 2.14 bits per heavy atom. The molecule has 106 valence electrons. The molecule has 1 aromatic carbocycles. The van der Waals surface area contributed by atoms with Gasteiger partial charge in [-0.25, -0.2) is 9.67 Å². The molecule has 2 aromatic heterocycles. The average Bonchev–Trinajstić information content (AvgIpc) is 2.95. The Morgan fingerprint density at radius 3 is 2.95 bits per heavy atom. The SMILES string of the molecule is CCCn1nncc1C(=O)c1cc(N)c2ccccc2n1. The number of aryl methyl sites for hydroxylation is 1. The van der Waals surface area contributed by atoms with Crippen molar-refractivity contribution < 1.29 is 4.79 Å². The highest BCUT2D eigenvalue weighted by molar-refractivity contribution is 6.08. The van der Waals surface area contributed by atoms with Gasteiger partial charge in [-0.15, -0.1) is 5.10 Å². The van der Waals surface area contributed by atoms with Crippen molar-refractivity contribution in [1.29, 1.82) is 0 Å². The predicted molar refractivity (Wildman–Crippen MR) is 79.9 cm³/mol. The van der Waals surface area contributed by atoms with Crippen LogP contribution in [0.25, 0.3) is 10.9 Å². The molecule has 0 radical (unpaired) electrons. The summed E-state index contributed by atoms with van der Waals surface area (Å²) in [4.78, 5) is 17.0. The van der Waals surface area contributed by atoms with E-state index < -0.39 is 0 Å². The molecule has 0 amide bonds. The van der Waals surface area contributed by atoms with Gasteiger partial charge in [0.25, 0.3) is 0 Å². The van der Waals surface area contributed by atoms with E-state index in [2.05, 4.69) is 15.3 Å². The number of fused-ring (bicyclic) bond motifs is 1. The van der Waals surface area contributed by atoms with Gasteiger partial charge in [0.05, 0.1) is 11.7 Å². The van der Waals surface area contributed by atoms with Gasteiger partial charge in [0, 0.05) is 17.6 Å². The number of nitrogens with two attached hydrogens (primary N) is 1. The number of nitrogens with zero attached hydrogens (tertiary/aromatic N) is 4.